The third kappa shape index (κ3) is 6.02. The fourth-order valence-electron chi connectivity index (χ4n) is 0.551. The molecule has 0 aliphatic heterocycles. The van der Waals surface area contributed by atoms with E-state index < -0.39 is 12.1 Å². The fraction of sp³-hybridized carbons (Fsp3) is 0.500. The van der Waals surface area contributed by atoms with Gasteiger partial charge in [0.05, 0.1) is 0 Å². The van der Waals surface area contributed by atoms with Crippen LogP contribution in [-0.4, -0.2) is 36.1 Å². The van der Waals surface area contributed by atoms with Crippen molar-refractivity contribution in [2.75, 3.05) is 13.3 Å². The summed E-state index contributed by atoms with van der Waals surface area (Å²) >= 11 is 1.21. The van der Waals surface area contributed by atoms with Gasteiger partial charge >= 0.3 is 12.1 Å². The Bertz CT molecular complexity index is 327. The van der Waals surface area contributed by atoms with Crippen LogP contribution in [0.5, 0.6) is 0 Å². The molecule has 0 aromatic rings. The molecule has 0 saturated carbocycles. The maximum Gasteiger partial charge on any atom is 0.433 e. The molecule has 8 heteroatoms. The summed E-state index contributed by atoms with van der Waals surface area (Å²) in [5, 5.41) is 9.61. The van der Waals surface area contributed by atoms with Gasteiger partial charge in [-0.25, -0.2) is 9.59 Å². The van der Waals surface area contributed by atoms with Crippen molar-refractivity contribution in [3.05, 3.63) is 0 Å². The van der Waals surface area contributed by atoms with E-state index in [2.05, 4.69) is 25.3 Å². The minimum atomic E-state index is -0.688. The van der Waals surface area contributed by atoms with Gasteiger partial charge in [-0.15, -0.1) is 11.8 Å². The predicted octanol–water partition coefficient (Wildman–Crippen LogP) is 0.958. The quantitative estimate of drug-likeness (QED) is 0.347. The van der Waals surface area contributed by atoms with E-state index in [-0.39, 0.29) is 0 Å². The standard InChI is InChI=1S/C8H13N3O4S/c1-5(10-14-6(2)12)7(16-4)11-15-8(13)9-3/h1-4H3,(H,9,13)/b10-5-,11-7+. The highest BCUT2D eigenvalue weighted by atomic mass is 32.2. The number of carbonyl (C=O) groups excluding carboxylic acids is 2. The molecule has 0 aromatic carbocycles. The lowest BCUT2D eigenvalue weighted by atomic mass is 10.5. The highest BCUT2D eigenvalue weighted by Gasteiger charge is 2.06. The zero-order chi connectivity index (χ0) is 12.6. The second-order valence-electron chi connectivity index (χ2n) is 2.49. The molecule has 0 fully saturated rings. The van der Waals surface area contributed by atoms with Crippen molar-refractivity contribution in [1.82, 2.24) is 5.32 Å². The Morgan fingerprint density at radius 2 is 1.81 bits per heavy atom. The zero-order valence-electron chi connectivity index (χ0n) is 9.44. The van der Waals surface area contributed by atoms with Gasteiger partial charge in [-0.1, -0.05) is 10.3 Å². The molecule has 0 aliphatic carbocycles. The average Bonchev–Trinajstić information content (AvgIpc) is 2.26. The van der Waals surface area contributed by atoms with Crippen molar-refractivity contribution in [3.63, 3.8) is 0 Å². The Balaban J connectivity index is 4.52. The highest BCUT2D eigenvalue weighted by Crippen LogP contribution is 2.02. The van der Waals surface area contributed by atoms with Crippen molar-refractivity contribution < 1.29 is 19.3 Å². The van der Waals surface area contributed by atoms with Gasteiger partial charge in [0.15, 0.2) is 5.04 Å². The normalized spacial score (nSPS) is 12.0. The van der Waals surface area contributed by atoms with Crippen LogP contribution < -0.4 is 5.32 Å². The van der Waals surface area contributed by atoms with E-state index in [0.717, 1.165) is 0 Å². The van der Waals surface area contributed by atoms with E-state index in [9.17, 15) is 9.59 Å². The van der Waals surface area contributed by atoms with Gasteiger partial charge in [0, 0.05) is 14.0 Å². The summed E-state index contributed by atoms with van der Waals surface area (Å²) < 4.78 is 0. The second-order valence-corrected chi connectivity index (χ2v) is 3.28. The monoisotopic (exact) mass is 247 g/mol. The maximum atomic E-state index is 10.7. The molecule has 7 nitrogen and oxygen atoms in total. The molecule has 0 aliphatic rings. The summed E-state index contributed by atoms with van der Waals surface area (Å²) in [6, 6.07) is 0. The lowest BCUT2D eigenvalue weighted by molar-refractivity contribution is -0.140. The number of rotatable bonds is 3. The minimum absolute atomic E-state index is 0.338. The van der Waals surface area contributed by atoms with E-state index in [0.29, 0.717) is 10.8 Å². The predicted molar refractivity (Wildman–Crippen MR) is 61.4 cm³/mol. The van der Waals surface area contributed by atoms with Crippen LogP contribution in [0.4, 0.5) is 4.79 Å². The molecule has 16 heavy (non-hydrogen) atoms. The van der Waals surface area contributed by atoms with Crippen molar-refractivity contribution in [2.24, 2.45) is 10.3 Å². The number of carbonyl (C=O) groups is 2. The van der Waals surface area contributed by atoms with Crippen molar-refractivity contribution >= 4 is 34.6 Å². The minimum Gasteiger partial charge on any atom is -0.323 e. The van der Waals surface area contributed by atoms with Crippen LogP contribution in [-0.2, 0) is 14.5 Å². The Kier molecular flexibility index (Phi) is 6.93. The molecule has 90 valence electrons. The van der Waals surface area contributed by atoms with Crippen LogP contribution >= 0.6 is 11.8 Å². The average molecular weight is 247 g/mol. The number of hydrogen-bond donors (Lipinski definition) is 1. The number of hydrogen-bond acceptors (Lipinski definition) is 7. The van der Waals surface area contributed by atoms with E-state index in [1.807, 2.05) is 0 Å². The molecule has 0 spiro atoms. The van der Waals surface area contributed by atoms with E-state index in [1.54, 1.807) is 13.2 Å². The van der Waals surface area contributed by atoms with Gasteiger partial charge in [0.2, 0.25) is 0 Å². The largest absolute Gasteiger partial charge is 0.433 e. The van der Waals surface area contributed by atoms with Crippen LogP contribution in [0.3, 0.4) is 0 Å². The molecule has 0 saturated heterocycles. The molecule has 0 heterocycles. The molecule has 1 N–H and O–H groups in total. The number of nitrogens with zero attached hydrogens (tertiary/aromatic N) is 2. The first-order valence-corrected chi connectivity index (χ1v) is 5.47. The third-order valence-corrected chi connectivity index (χ3v) is 1.99. The SMILES string of the molecule is CNC(=O)O/N=C(SC)\C(C)=N/OC(C)=O. The summed E-state index contributed by atoms with van der Waals surface area (Å²) in [6.07, 6.45) is 1.03. The van der Waals surface area contributed by atoms with Crippen LogP contribution in [0.15, 0.2) is 10.3 Å². The van der Waals surface area contributed by atoms with Gasteiger partial charge in [0.1, 0.15) is 5.71 Å². The number of thioether (sulfide) groups is 1. The third-order valence-electron chi connectivity index (χ3n) is 1.23. The topological polar surface area (TPSA) is 89.3 Å². The number of nitrogens with one attached hydrogen (secondary N) is 1. The fourth-order valence-corrected chi connectivity index (χ4v) is 0.996. The van der Waals surface area contributed by atoms with Gasteiger partial charge < -0.3 is 10.2 Å². The van der Waals surface area contributed by atoms with E-state index in [1.165, 1.54) is 25.7 Å². The summed E-state index contributed by atoms with van der Waals surface area (Å²) in [5.41, 5.74) is 0.339. The van der Waals surface area contributed by atoms with Gasteiger partial charge in [-0.2, -0.15) is 0 Å². The van der Waals surface area contributed by atoms with Crippen LogP contribution in [0, 0.1) is 0 Å². The molecular weight excluding hydrogens is 234 g/mol. The number of amides is 1. The maximum absolute atomic E-state index is 10.7. The summed E-state index contributed by atoms with van der Waals surface area (Å²) in [6.45, 7) is 2.80. The Morgan fingerprint density at radius 3 is 2.25 bits per heavy atom. The van der Waals surface area contributed by atoms with Crippen molar-refractivity contribution in [3.8, 4) is 0 Å². The molecule has 0 radical (unpaired) electrons. The molecule has 0 rings (SSSR count). The van der Waals surface area contributed by atoms with Crippen molar-refractivity contribution in [1.29, 1.82) is 0 Å². The lowest BCUT2D eigenvalue weighted by Crippen LogP contribution is -2.18. The molecule has 1 amide bonds. The molecule has 0 aromatic heterocycles. The molecule has 0 unspecified atom stereocenters. The first-order chi connectivity index (χ1) is 7.51. The zero-order valence-corrected chi connectivity index (χ0v) is 10.3. The van der Waals surface area contributed by atoms with Gasteiger partial charge in [0.25, 0.3) is 0 Å². The van der Waals surface area contributed by atoms with E-state index >= 15 is 0 Å². The first-order valence-electron chi connectivity index (χ1n) is 4.24. The summed E-state index contributed by atoms with van der Waals surface area (Å²) in [7, 11) is 1.41. The summed E-state index contributed by atoms with van der Waals surface area (Å²) in [5.74, 6) is -0.535. The van der Waals surface area contributed by atoms with E-state index in [4.69, 9.17) is 0 Å². The number of oxime groups is 2. The molecule has 0 atom stereocenters. The first kappa shape index (κ1) is 14.4. The Hall–Kier alpha value is -1.57. The highest BCUT2D eigenvalue weighted by molar-refractivity contribution is 8.15. The van der Waals surface area contributed by atoms with Crippen molar-refractivity contribution in [2.45, 2.75) is 13.8 Å². The molecule has 0 bridgehead atoms. The smallest absolute Gasteiger partial charge is 0.323 e. The van der Waals surface area contributed by atoms with Gasteiger partial charge in [-0.3, -0.25) is 4.84 Å². The van der Waals surface area contributed by atoms with Gasteiger partial charge in [-0.05, 0) is 13.2 Å². The second kappa shape index (κ2) is 7.69. The van der Waals surface area contributed by atoms with Crippen LogP contribution in [0.25, 0.3) is 0 Å². The summed E-state index contributed by atoms with van der Waals surface area (Å²) in [4.78, 5) is 30.1. The van der Waals surface area contributed by atoms with Crippen LogP contribution in [0.2, 0.25) is 0 Å². The Labute approximate surface area is 97.2 Å². The van der Waals surface area contributed by atoms with Crippen LogP contribution in [0.1, 0.15) is 13.8 Å². The lowest BCUT2D eigenvalue weighted by Gasteiger charge is -2.01. The molecular formula is C8H13N3O4S. The Morgan fingerprint density at radius 1 is 1.19 bits per heavy atom.